The Balaban J connectivity index is 3.44. The lowest BCUT2D eigenvalue weighted by molar-refractivity contribution is -0.274. The van der Waals surface area contributed by atoms with Crippen molar-refractivity contribution >= 4 is 5.97 Å². The highest BCUT2D eigenvalue weighted by atomic mass is 19.4. The highest BCUT2D eigenvalue weighted by molar-refractivity contribution is 5.74. The van der Waals surface area contributed by atoms with Crippen molar-refractivity contribution in [3.8, 4) is 11.8 Å². The van der Waals surface area contributed by atoms with Crippen molar-refractivity contribution in [3.05, 3.63) is 28.8 Å². The Kier molecular flexibility index (Phi) is 5.47. The molecule has 1 rings (SSSR count). The summed E-state index contributed by atoms with van der Waals surface area (Å²) in [6.45, 7) is 1.36. The first-order valence-electron chi connectivity index (χ1n) is 6.03. The fourth-order valence-electron chi connectivity index (χ4n) is 1.68. The van der Waals surface area contributed by atoms with E-state index in [0.717, 1.165) is 0 Å². The molecular weight excluding hydrogens is 332 g/mol. The number of alkyl halides is 6. The zero-order valence-electron chi connectivity index (χ0n) is 11.5. The highest BCUT2D eigenvalue weighted by Gasteiger charge is 2.37. The molecule has 0 fully saturated rings. The number of esters is 1. The minimum atomic E-state index is -5.29. The van der Waals surface area contributed by atoms with Gasteiger partial charge in [-0.1, -0.05) is 0 Å². The van der Waals surface area contributed by atoms with Gasteiger partial charge in [-0.3, -0.25) is 4.79 Å². The number of hydrogen-bond donors (Lipinski definition) is 0. The fourth-order valence-corrected chi connectivity index (χ4v) is 1.68. The van der Waals surface area contributed by atoms with E-state index >= 15 is 0 Å². The molecule has 0 saturated carbocycles. The van der Waals surface area contributed by atoms with Crippen LogP contribution >= 0.6 is 0 Å². The summed E-state index contributed by atoms with van der Waals surface area (Å²) >= 11 is 0. The Morgan fingerprint density at radius 2 is 1.83 bits per heavy atom. The topological polar surface area (TPSA) is 59.3 Å². The van der Waals surface area contributed by atoms with E-state index in [1.165, 1.54) is 13.0 Å². The quantitative estimate of drug-likeness (QED) is 0.620. The molecule has 0 amide bonds. The van der Waals surface area contributed by atoms with Crippen LogP contribution in [0.4, 0.5) is 26.3 Å². The summed E-state index contributed by atoms with van der Waals surface area (Å²) in [6, 6.07) is 1.78. The Morgan fingerprint density at radius 1 is 1.22 bits per heavy atom. The number of rotatable bonds is 4. The van der Waals surface area contributed by atoms with Crippen LogP contribution in [0.5, 0.6) is 5.75 Å². The molecule has 0 aromatic heterocycles. The van der Waals surface area contributed by atoms with E-state index in [0.29, 0.717) is 6.07 Å². The maximum Gasteiger partial charge on any atom is 0.573 e. The van der Waals surface area contributed by atoms with E-state index in [2.05, 4.69) is 9.47 Å². The minimum absolute atomic E-state index is 0.0562. The normalized spacial score (nSPS) is 11.7. The van der Waals surface area contributed by atoms with Gasteiger partial charge in [0.1, 0.15) is 11.8 Å². The molecule has 0 aliphatic heterocycles. The second-order valence-electron chi connectivity index (χ2n) is 4.15. The predicted molar refractivity (Wildman–Crippen MR) is 63.2 cm³/mol. The van der Waals surface area contributed by atoms with E-state index in [-0.39, 0.29) is 12.7 Å². The van der Waals surface area contributed by atoms with Crippen LogP contribution in [0.15, 0.2) is 12.1 Å². The van der Waals surface area contributed by atoms with Gasteiger partial charge < -0.3 is 9.47 Å². The number of carbonyl (C=O) groups excluding carboxylic acids is 1. The third-order valence-corrected chi connectivity index (χ3v) is 2.49. The van der Waals surface area contributed by atoms with Gasteiger partial charge in [0.25, 0.3) is 0 Å². The molecule has 0 saturated heterocycles. The SMILES string of the molecule is CCOC(=O)Cc1cc(C(F)(F)F)cc(OC(F)(F)F)c1C#N. The van der Waals surface area contributed by atoms with Crippen molar-refractivity contribution in [2.24, 2.45) is 0 Å². The molecule has 0 bridgehead atoms. The first-order chi connectivity index (χ1) is 10.5. The van der Waals surface area contributed by atoms with Crippen LogP contribution < -0.4 is 4.74 Å². The first-order valence-corrected chi connectivity index (χ1v) is 6.03. The molecule has 0 aliphatic carbocycles. The van der Waals surface area contributed by atoms with Crippen molar-refractivity contribution in [2.75, 3.05) is 6.61 Å². The summed E-state index contributed by atoms with van der Waals surface area (Å²) in [4.78, 5) is 11.4. The van der Waals surface area contributed by atoms with Crippen LogP contribution in [-0.2, 0) is 22.1 Å². The van der Waals surface area contributed by atoms with Crippen LogP contribution in [0.3, 0.4) is 0 Å². The third-order valence-electron chi connectivity index (χ3n) is 2.49. The molecule has 4 nitrogen and oxygen atoms in total. The summed E-state index contributed by atoms with van der Waals surface area (Å²) in [5.41, 5.74) is -2.86. The molecule has 0 atom stereocenters. The van der Waals surface area contributed by atoms with Crippen molar-refractivity contribution < 1.29 is 40.6 Å². The van der Waals surface area contributed by atoms with E-state index in [4.69, 9.17) is 5.26 Å². The summed E-state index contributed by atoms with van der Waals surface area (Å²) < 4.78 is 83.2. The average molecular weight is 341 g/mol. The zero-order chi connectivity index (χ0) is 17.8. The summed E-state index contributed by atoms with van der Waals surface area (Å²) in [5, 5.41) is 8.90. The third kappa shape index (κ3) is 5.36. The molecule has 0 radical (unpaired) electrons. The molecule has 23 heavy (non-hydrogen) atoms. The molecule has 0 spiro atoms. The van der Waals surface area contributed by atoms with Crippen LogP contribution in [0, 0.1) is 11.3 Å². The molecule has 10 heteroatoms. The number of hydrogen-bond acceptors (Lipinski definition) is 4. The Morgan fingerprint density at radius 3 is 2.26 bits per heavy atom. The smallest absolute Gasteiger partial charge is 0.466 e. The zero-order valence-corrected chi connectivity index (χ0v) is 11.5. The van der Waals surface area contributed by atoms with Gasteiger partial charge in [-0.2, -0.15) is 18.4 Å². The van der Waals surface area contributed by atoms with Crippen LogP contribution in [0.1, 0.15) is 23.6 Å². The number of carbonyl (C=O) groups is 1. The maximum atomic E-state index is 12.8. The van der Waals surface area contributed by atoms with Gasteiger partial charge in [-0.25, -0.2) is 0 Å². The summed E-state index contributed by atoms with van der Waals surface area (Å²) in [7, 11) is 0. The van der Waals surface area contributed by atoms with Gasteiger partial charge >= 0.3 is 18.5 Å². The molecule has 1 aromatic carbocycles. The lowest BCUT2D eigenvalue weighted by Crippen LogP contribution is -2.20. The van der Waals surface area contributed by atoms with Crippen LogP contribution in [-0.4, -0.2) is 18.9 Å². The average Bonchev–Trinajstić information content (AvgIpc) is 2.35. The highest BCUT2D eigenvalue weighted by Crippen LogP contribution is 2.37. The van der Waals surface area contributed by atoms with E-state index in [9.17, 15) is 31.1 Å². The van der Waals surface area contributed by atoms with Gasteiger partial charge in [0.05, 0.1) is 24.2 Å². The summed E-state index contributed by atoms with van der Waals surface area (Å²) in [6.07, 6.45) is -11.1. The number of nitrogens with zero attached hydrogens (tertiary/aromatic N) is 1. The lowest BCUT2D eigenvalue weighted by atomic mass is 10.0. The Bertz CT molecular complexity index is 630. The lowest BCUT2D eigenvalue weighted by Gasteiger charge is -2.16. The second kappa shape index (κ2) is 6.76. The van der Waals surface area contributed by atoms with E-state index < -0.39 is 47.4 Å². The number of benzene rings is 1. The van der Waals surface area contributed by atoms with Gasteiger partial charge in [0, 0.05) is 0 Å². The van der Waals surface area contributed by atoms with Gasteiger partial charge in [-0.15, -0.1) is 13.2 Å². The molecule has 0 heterocycles. The van der Waals surface area contributed by atoms with E-state index in [1.54, 1.807) is 0 Å². The van der Waals surface area contributed by atoms with Gasteiger partial charge in [0.2, 0.25) is 0 Å². The molecule has 1 aromatic rings. The largest absolute Gasteiger partial charge is 0.573 e. The Labute approximate surface area is 126 Å². The first kappa shape index (κ1) is 18.6. The monoisotopic (exact) mass is 341 g/mol. The number of ether oxygens (including phenoxy) is 2. The molecule has 0 N–H and O–H groups in total. The van der Waals surface area contributed by atoms with Crippen LogP contribution in [0.2, 0.25) is 0 Å². The van der Waals surface area contributed by atoms with Gasteiger partial charge in [-0.05, 0) is 24.6 Å². The molecule has 126 valence electrons. The minimum Gasteiger partial charge on any atom is -0.466 e. The number of halogens is 6. The fraction of sp³-hybridized carbons (Fsp3) is 0.385. The van der Waals surface area contributed by atoms with Crippen molar-refractivity contribution in [1.29, 1.82) is 5.26 Å². The maximum absolute atomic E-state index is 12.8. The standard InChI is InChI=1S/C13H9F6NO3/c1-2-22-11(21)4-7-3-8(12(14,15)16)5-10(9(7)6-20)23-13(17,18)19/h3,5H,2,4H2,1H3. The van der Waals surface area contributed by atoms with E-state index in [1.807, 2.05) is 0 Å². The van der Waals surface area contributed by atoms with Gasteiger partial charge in [0.15, 0.2) is 0 Å². The van der Waals surface area contributed by atoms with Crippen molar-refractivity contribution in [1.82, 2.24) is 0 Å². The van der Waals surface area contributed by atoms with Crippen LogP contribution in [0.25, 0.3) is 0 Å². The molecule has 0 unspecified atom stereocenters. The predicted octanol–water partition coefficient (Wildman–Crippen LogP) is 3.58. The summed E-state index contributed by atoms with van der Waals surface area (Å²) in [5.74, 6) is -2.31. The van der Waals surface area contributed by atoms with Crippen molar-refractivity contribution in [3.63, 3.8) is 0 Å². The second-order valence-corrected chi connectivity index (χ2v) is 4.15. The number of nitriles is 1. The molecule has 0 aliphatic rings. The molecular formula is C13H9F6NO3. The Hall–Kier alpha value is -2.44. The van der Waals surface area contributed by atoms with Crippen molar-refractivity contribution in [2.45, 2.75) is 25.9 Å².